The first-order chi connectivity index (χ1) is 24.6. The number of nitrogens with one attached hydrogen (secondary N) is 3. The highest BCUT2D eigenvalue weighted by Gasteiger charge is 2.46. The first-order valence-corrected chi connectivity index (χ1v) is 18.7. The van der Waals surface area contributed by atoms with Gasteiger partial charge in [0.2, 0.25) is 5.91 Å². The Kier molecular flexibility index (Phi) is 10.1. The summed E-state index contributed by atoms with van der Waals surface area (Å²) in [5.74, 6) is 3.98. The minimum Gasteiger partial charge on any atom is -0.508 e. The number of carbonyl (C=O) groups excluding carboxylic acids is 2. The summed E-state index contributed by atoms with van der Waals surface area (Å²) in [6, 6.07) is 23.3. The maximum absolute atomic E-state index is 13.3. The van der Waals surface area contributed by atoms with Crippen molar-refractivity contribution >= 4 is 28.5 Å². The molecule has 1 heterocycles. The highest BCUT2D eigenvalue weighted by Crippen LogP contribution is 2.58. The molecule has 2 amide bonds. The number of amides is 2. The van der Waals surface area contributed by atoms with E-state index in [1.165, 1.54) is 48.8 Å². The van der Waals surface area contributed by atoms with Gasteiger partial charge in [-0.1, -0.05) is 48.0 Å². The second kappa shape index (κ2) is 14.9. The molecule has 8 heteroatoms. The van der Waals surface area contributed by atoms with Crippen LogP contribution < -0.4 is 15.4 Å². The zero-order valence-electron chi connectivity index (χ0n) is 30.0. The van der Waals surface area contributed by atoms with Gasteiger partial charge in [-0.3, -0.25) is 4.79 Å². The number of hydrogen-bond acceptors (Lipinski definition) is 5. The van der Waals surface area contributed by atoms with Crippen molar-refractivity contribution in [2.75, 3.05) is 13.2 Å². The summed E-state index contributed by atoms with van der Waals surface area (Å²) in [6.45, 7) is 6.40. The van der Waals surface area contributed by atoms with E-state index in [-0.39, 0.29) is 5.91 Å². The summed E-state index contributed by atoms with van der Waals surface area (Å²) in [7, 11) is 0. The third kappa shape index (κ3) is 8.27. The van der Waals surface area contributed by atoms with Crippen LogP contribution in [-0.2, 0) is 16.0 Å². The van der Waals surface area contributed by atoms with Gasteiger partial charge < -0.3 is 30.2 Å². The van der Waals surface area contributed by atoms with Gasteiger partial charge in [0.1, 0.15) is 23.1 Å². The van der Waals surface area contributed by atoms with Gasteiger partial charge in [-0.05, 0) is 142 Å². The Bertz CT molecular complexity index is 1840. The van der Waals surface area contributed by atoms with Crippen molar-refractivity contribution in [3.05, 3.63) is 101 Å². The first kappa shape index (κ1) is 34.7. The smallest absolute Gasteiger partial charge is 0.408 e. The van der Waals surface area contributed by atoms with E-state index in [1.807, 2.05) is 30.5 Å². The molecule has 1 aromatic heterocycles. The van der Waals surface area contributed by atoms with Crippen LogP contribution in [0.3, 0.4) is 0 Å². The van der Waals surface area contributed by atoms with E-state index in [0.29, 0.717) is 37.2 Å². The fourth-order valence-corrected chi connectivity index (χ4v) is 8.88. The normalized spacial score (nSPS) is 21.4. The Morgan fingerprint density at radius 3 is 2.18 bits per heavy atom. The largest absolute Gasteiger partial charge is 0.508 e. The molecule has 4 saturated carbocycles. The summed E-state index contributed by atoms with van der Waals surface area (Å²) in [5.41, 5.74) is 6.62. The molecule has 51 heavy (non-hydrogen) atoms. The van der Waals surface area contributed by atoms with E-state index in [1.54, 1.807) is 38.5 Å². The maximum atomic E-state index is 13.3. The van der Waals surface area contributed by atoms with Gasteiger partial charge in [0.05, 0.1) is 6.61 Å². The van der Waals surface area contributed by atoms with Crippen molar-refractivity contribution in [1.82, 2.24) is 15.6 Å². The molecule has 4 aliphatic carbocycles. The lowest BCUT2D eigenvalue weighted by atomic mass is 9.53. The van der Waals surface area contributed by atoms with Crippen molar-refractivity contribution in [2.45, 2.75) is 83.8 Å². The van der Waals surface area contributed by atoms with E-state index in [0.717, 1.165) is 46.9 Å². The number of aromatic hydroxyl groups is 1. The number of fused-ring (bicyclic) bond motifs is 1. The summed E-state index contributed by atoms with van der Waals surface area (Å²) in [5, 5.41) is 16.8. The van der Waals surface area contributed by atoms with Gasteiger partial charge in [-0.15, -0.1) is 0 Å². The second-order valence-corrected chi connectivity index (χ2v) is 15.8. The summed E-state index contributed by atoms with van der Waals surface area (Å²) >= 11 is 0. The molecule has 4 aromatic rings. The van der Waals surface area contributed by atoms with Crippen molar-refractivity contribution in [3.63, 3.8) is 0 Å². The van der Waals surface area contributed by atoms with Gasteiger partial charge in [-0.25, -0.2) is 4.79 Å². The van der Waals surface area contributed by atoms with Crippen molar-refractivity contribution < 1.29 is 24.2 Å². The molecule has 4 bridgehead atoms. The Morgan fingerprint density at radius 2 is 1.51 bits per heavy atom. The van der Waals surface area contributed by atoms with E-state index in [2.05, 4.69) is 52.0 Å². The number of alkyl carbamates (subject to hydrolysis) is 1. The van der Waals surface area contributed by atoms with Crippen LogP contribution >= 0.6 is 0 Å². The van der Waals surface area contributed by atoms with Crippen molar-refractivity contribution in [3.8, 4) is 11.5 Å². The number of para-hydroxylation sites is 1. The van der Waals surface area contributed by atoms with E-state index < -0.39 is 17.7 Å². The number of phenolic OH excluding ortho intramolecular Hbond substituents is 1. The van der Waals surface area contributed by atoms with Crippen LogP contribution in [0, 0.1) is 23.7 Å². The lowest BCUT2D eigenvalue weighted by molar-refractivity contribution is -0.123. The fourth-order valence-electron chi connectivity index (χ4n) is 8.88. The molecular formula is C43H51N3O5. The van der Waals surface area contributed by atoms with Crippen LogP contribution in [0.4, 0.5) is 4.79 Å². The second-order valence-electron chi connectivity index (χ2n) is 15.8. The molecule has 4 fully saturated rings. The number of carbonyl (C=O) groups is 2. The summed E-state index contributed by atoms with van der Waals surface area (Å²) in [4.78, 5) is 29.2. The lowest BCUT2D eigenvalue weighted by Crippen LogP contribution is -2.49. The van der Waals surface area contributed by atoms with E-state index >= 15 is 0 Å². The van der Waals surface area contributed by atoms with Crippen LogP contribution in [0.1, 0.15) is 82.4 Å². The molecule has 268 valence electrons. The Labute approximate surface area is 301 Å². The average molecular weight is 690 g/mol. The topological polar surface area (TPSA) is 113 Å². The van der Waals surface area contributed by atoms with Crippen molar-refractivity contribution in [1.29, 1.82) is 0 Å². The molecule has 0 saturated heterocycles. The SMILES string of the molecule is CC(C)(C)OC(=O)N[C@@H](Cc1c[nH]c2ccccc12)C(=O)NCCCCOc1ccc(C(=C2C3CC4CC(C3)CC2C4)c2ccc(O)cc2)cc1. The minimum absolute atomic E-state index is 0.250. The summed E-state index contributed by atoms with van der Waals surface area (Å²) in [6.07, 6.45) is 9.79. The predicted octanol–water partition coefficient (Wildman–Crippen LogP) is 8.54. The lowest BCUT2D eigenvalue weighted by Gasteiger charge is -2.52. The van der Waals surface area contributed by atoms with Gasteiger partial charge in [0.15, 0.2) is 0 Å². The Hall–Kier alpha value is -4.72. The number of H-pyrrole nitrogens is 1. The zero-order chi connectivity index (χ0) is 35.5. The molecule has 0 aliphatic heterocycles. The van der Waals surface area contributed by atoms with Crippen molar-refractivity contribution in [2.24, 2.45) is 23.7 Å². The number of ether oxygens (including phenoxy) is 2. The molecule has 4 N–H and O–H groups in total. The number of phenols is 1. The quantitative estimate of drug-likeness (QED) is 0.111. The number of unbranched alkanes of at least 4 members (excludes halogenated alkanes) is 1. The molecule has 1 atom stereocenters. The average Bonchev–Trinajstić information content (AvgIpc) is 3.50. The van der Waals surface area contributed by atoms with Crippen LogP contribution in [-0.4, -0.2) is 46.9 Å². The van der Waals surface area contributed by atoms with Gasteiger partial charge in [0.25, 0.3) is 0 Å². The van der Waals surface area contributed by atoms with Gasteiger partial charge >= 0.3 is 6.09 Å². The molecule has 8 nitrogen and oxygen atoms in total. The Morgan fingerprint density at radius 1 is 0.863 bits per heavy atom. The van der Waals surface area contributed by atoms with Gasteiger partial charge in [0, 0.05) is 30.1 Å². The number of aromatic nitrogens is 1. The van der Waals surface area contributed by atoms with Crippen LogP contribution in [0.2, 0.25) is 0 Å². The molecule has 0 spiro atoms. The van der Waals surface area contributed by atoms with E-state index in [9.17, 15) is 14.7 Å². The number of rotatable bonds is 12. The highest BCUT2D eigenvalue weighted by molar-refractivity contribution is 5.88. The molecular weight excluding hydrogens is 638 g/mol. The molecule has 8 rings (SSSR count). The monoisotopic (exact) mass is 689 g/mol. The van der Waals surface area contributed by atoms with Gasteiger partial charge in [-0.2, -0.15) is 0 Å². The molecule has 0 radical (unpaired) electrons. The van der Waals surface area contributed by atoms with Crippen LogP contribution in [0.5, 0.6) is 11.5 Å². The minimum atomic E-state index is -0.783. The number of allylic oxidation sites excluding steroid dienone is 1. The third-order valence-electron chi connectivity index (χ3n) is 10.9. The first-order valence-electron chi connectivity index (χ1n) is 18.7. The fraction of sp³-hybridized carbons (Fsp3) is 0.442. The predicted molar refractivity (Wildman–Crippen MR) is 201 cm³/mol. The Balaban J connectivity index is 0.938. The zero-order valence-corrected chi connectivity index (χ0v) is 30.0. The molecule has 3 aromatic carbocycles. The number of benzene rings is 3. The van der Waals surface area contributed by atoms with Crippen LogP contribution in [0.15, 0.2) is 84.6 Å². The molecule has 0 unspecified atom stereocenters. The van der Waals surface area contributed by atoms with E-state index in [4.69, 9.17) is 9.47 Å². The highest BCUT2D eigenvalue weighted by atomic mass is 16.6. The van der Waals surface area contributed by atoms with Crippen LogP contribution in [0.25, 0.3) is 16.5 Å². The summed E-state index contributed by atoms with van der Waals surface area (Å²) < 4.78 is 11.6. The number of aromatic amines is 1. The molecule has 4 aliphatic rings. The third-order valence-corrected chi connectivity index (χ3v) is 10.9. The standard InChI is InChI=1S/C43H51N3O5/c1-43(2,3)51-42(49)46-38(25-33-26-45-37-9-5-4-8-36(33)37)41(48)44-18-6-7-19-50-35-16-12-30(13-17-35)39(29-10-14-34(47)15-11-29)40-31-21-27-20-28(23-31)24-32(40)22-27/h4-5,8-17,26-28,31-32,38,45,47H,6-7,18-25H2,1-3H3,(H,44,48)(H,46,49)/t27?,28?,31?,32?,38-/m0/s1. The number of hydrogen-bond donors (Lipinski definition) is 4. The maximum Gasteiger partial charge on any atom is 0.408 e.